The van der Waals surface area contributed by atoms with Crippen molar-refractivity contribution in [3.05, 3.63) is 0 Å². The van der Waals surface area contributed by atoms with E-state index in [0.717, 1.165) is 6.54 Å². The summed E-state index contributed by atoms with van der Waals surface area (Å²) in [6.07, 6.45) is -0.0511. The SMILES string of the molecule is CC1CN(CC(C)C(N)=O)CC(CO)O1. The Morgan fingerprint density at radius 1 is 1.67 bits per heavy atom. The van der Waals surface area contributed by atoms with Gasteiger partial charge in [0.2, 0.25) is 5.91 Å². The summed E-state index contributed by atoms with van der Waals surface area (Å²) in [4.78, 5) is 13.0. The Balaban J connectivity index is 2.44. The van der Waals surface area contributed by atoms with Gasteiger partial charge in [0.1, 0.15) is 0 Å². The number of ether oxygens (including phenoxy) is 1. The Bertz CT molecular complexity index is 223. The molecule has 0 radical (unpaired) electrons. The highest BCUT2D eigenvalue weighted by molar-refractivity contribution is 5.76. The average Bonchev–Trinajstić information content (AvgIpc) is 2.16. The van der Waals surface area contributed by atoms with Gasteiger partial charge >= 0.3 is 0 Å². The van der Waals surface area contributed by atoms with E-state index in [1.165, 1.54) is 0 Å². The highest BCUT2D eigenvalue weighted by Gasteiger charge is 2.26. The number of primary amides is 1. The molecule has 1 rings (SSSR count). The van der Waals surface area contributed by atoms with E-state index in [0.29, 0.717) is 13.1 Å². The number of carbonyl (C=O) groups is 1. The second-order valence-electron chi connectivity index (χ2n) is 4.27. The van der Waals surface area contributed by atoms with Gasteiger partial charge in [0, 0.05) is 25.6 Å². The van der Waals surface area contributed by atoms with Gasteiger partial charge in [0.15, 0.2) is 0 Å². The summed E-state index contributed by atoms with van der Waals surface area (Å²) in [5.41, 5.74) is 5.21. The van der Waals surface area contributed by atoms with Gasteiger partial charge in [0.05, 0.1) is 18.8 Å². The monoisotopic (exact) mass is 216 g/mol. The number of morpholine rings is 1. The van der Waals surface area contributed by atoms with Crippen LogP contribution in [0.25, 0.3) is 0 Å². The number of hydrogen-bond donors (Lipinski definition) is 2. The van der Waals surface area contributed by atoms with E-state index < -0.39 is 0 Å². The summed E-state index contributed by atoms with van der Waals surface area (Å²) in [6.45, 7) is 5.89. The molecular formula is C10H20N2O3. The minimum Gasteiger partial charge on any atom is -0.394 e. The van der Waals surface area contributed by atoms with Crippen LogP contribution in [0.5, 0.6) is 0 Å². The molecule has 3 N–H and O–H groups in total. The van der Waals surface area contributed by atoms with E-state index in [-0.39, 0.29) is 30.6 Å². The first-order valence-corrected chi connectivity index (χ1v) is 5.31. The molecule has 88 valence electrons. The van der Waals surface area contributed by atoms with E-state index >= 15 is 0 Å². The van der Waals surface area contributed by atoms with Gasteiger partial charge in [-0.25, -0.2) is 0 Å². The van der Waals surface area contributed by atoms with Crippen molar-refractivity contribution in [3.8, 4) is 0 Å². The quantitative estimate of drug-likeness (QED) is 0.644. The second kappa shape index (κ2) is 5.44. The molecular weight excluding hydrogens is 196 g/mol. The standard InChI is InChI=1S/C10H20N2O3/c1-7(10(11)14)3-12-4-8(2)15-9(5-12)6-13/h7-9,13H,3-6H2,1-2H3,(H2,11,14). The van der Waals surface area contributed by atoms with Gasteiger partial charge in [-0.05, 0) is 6.92 Å². The van der Waals surface area contributed by atoms with Gasteiger partial charge < -0.3 is 15.6 Å². The maximum absolute atomic E-state index is 10.9. The van der Waals surface area contributed by atoms with Crippen LogP contribution >= 0.6 is 0 Å². The topological polar surface area (TPSA) is 75.8 Å². The molecule has 0 aliphatic carbocycles. The molecule has 1 amide bonds. The Labute approximate surface area is 90.2 Å². The molecule has 0 saturated carbocycles. The third-order valence-electron chi connectivity index (χ3n) is 2.62. The largest absolute Gasteiger partial charge is 0.394 e. The first kappa shape index (κ1) is 12.4. The Kier molecular flexibility index (Phi) is 4.50. The number of rotatable bonds is 4. The van der Waals surface area contributed by atoms with Crippen molar-refractivity contribution >= 4 is 5.91 Å². The third kappa shape index (κ3) is 3.77. The van der Waals surface area contributed by atoms with Crippen LogP contribution in [0.15, 0.2) is 0 Å². The first-order valence-electron chi connectivity index (χ1n) is 5.31. The van der Waals surface area contributed by atoms with Crippen molar-refractivity contribution in [3.63, 3.8) is 0 Å². The normalized spacial score (nSPS) is 30.1. The smallest absolute Gasteiger partial charge is 0.221 e. The summed E-state index contributed by atoms with van der Waals surface area (Å²) in [5, 5.41) is 9.03. The molecule has 0 aromatic heterocycles. The molecule has 0 spiro atoms. The molecule has 3 unspecified atom stereocenters. The zero-order valence-electron chi connectivity index (χ0n) is 9.35. The van der Waals surface area contributed by atoms with Crippen LogP contribution in [0.4, 0.5) is 0 Å². The highest BCUT2D eigenvalue weighted by Crippen LogP contribution is 2.12. The summed E-state index contributed by atoms with van der Waals surface area (Å²) in [6, 6.07) is 0. The lowest BCUT2D eigenvalue weighted by Crippen LogP contribution is -2.50. The molecule has 3 atom stereocenters. The molecule has 1 aliphatic heterocycles. The van der Waals surface area contributed by atoms with E-state index in [9.17, 15) is 4.79 Å². The summed E-state index contributed by atoms with van der Waals surface area (Å²) in [5.74, 6) is -0.440. The lowest BCUT2D eigenvalue weighted by molar-refractivity contribution is -0.124. The molecule has 1 heterocycles. The summed E-state index contributed by atoms with van der Waals surface area (Å²) >= 11 is 0. The van der Waals surface area contributed by atoms with Crippen LogP contribution in [-0.4, -0.2) is 54.4 Å². The molecule has 0 aromatic rings. The van der Waals surface area contributed by atoms with Crippen LogP contribution in [0.3, 0.4) is 0 Å². The van der Waals surface area contributed by atoms with Crippen molar-refractivity contribution in [2.75, 3.05) is 26.2 Å². The minimum atomic E-state index is -0.283. The highest BCUT2D eigenvalue weighted by atomic mass is 16.5. The molecule has 1 aliphatic rings. The van der Waals surface area contributed by atoms with Crippen molar-refractivity contribution in [2.45, 2.75) is 26.1 Å². The maximum atomic E-state index is 10.9. The second-order valence-corrected chi connectivity index (χ2v) is 4.27. The number of amides is 1. The third-order valence-corrected chi connectivity index (χ3v) is 2.62. The summed E-state index contributed by atoms with van der Waals surface area (Å²) < 4.78 is 5.50. The lowest BCUT2D eigenvalue weighted by atomic mass is 10.1. The lowest BCUT2D eigenvalue weighted by Gasteiger charge is -2.36. The predicted octanol–water partition coefficient (Wildman–Crippen LogP) is -0.811. The molecule has 5 heteroatoms. The van der Waals surface area contributed by atoms with E-state index in [1.807, 2.05) is 13.8 Å². The van der Waals surface area contributed by atoms with Crippen LogP contribution in [0, 0.1) is 5.92 Å². The first-order chi connectivity index (χ1) is 7.02. The van der Waals surface area contributed by atoms with Gasteiger partial charge in [0.25, 0.3) is 0 Å². The number of carbonyl (C=O) groups excluding carboxylic acids is 1. The van der Waals surface area contributed by atoms with Gasteiger partial charge in [-0.2, -0.15) is 0 Å². The van der Waals surface area contributed by atoms with Crippen LogP contribution < -0.4 is 5.73 Å². The predicted molar refractivity (Wildman–Crippen MR) is 56.2 cm³/mol. The van der Waals surface area contributed by atoms with Gasteiger partial charge in [-0.3, -0.25) is 9.69 Å². The Morgan fingerprint density at radius 3 is 2.87 bits per heavy atom. The molecule has 15 heavy (non-hydrogen) atoms. The molecule has 0 aromatic carbocycles. The fourth-order valence-electron chi connectivity index (χ4n) is 1.87. The van der Waals surface area contributed by atoms with Crippen LogP contribution in [0.1, 0.15) is 13.8 Å². The molecule has 0 bridgehead atoms. The number of aliphatic hydroxyl groups excluding tert-OH is 1. The molecule has 1 fully saturated rings. The zero-order chi connectivity index (χ0) is 11.4. The molecule has 1 saturated heterocycles. The van der Waals surface area contributed by atoms with E-state index in [4.69, 9.17) is 15.6 Å². The minimum absolute atomic E-state index is 0.0196. The van der Waals surface area contributed by atoms with Crippen LogP contribution in [0.2, 0.25) is 0 Å². The van der Waals surface area contributed by atoms with Gasteiger partial charge in [-0.1, -0.05) is 6.92 Å². The number of nitrogens with two attached hydrogens (primary N) is 1. The Morgan fingerprint density at radius 2 is 2.33 bits per heavy atom. The molecule has 5 nitrogen and oxygen atoms in total. The number of aliphatic hydroxyl groups is 1. The van der Waals surface area contributed by atoms with Crippen molar-refractivity contribution in [1.82, 2.24) is 4.90 Å². The average molecular weight is 216 g/mol. The fraction of sp³-hybridized carbons (Fsp3) is 0.900. The van der Waals surface area contributed by atoms with Crippen molar-refractivity contribution in [2.24, 2.45) is 11.7 Å². The maximum Gasteiger partial charge on any atom is 0.221 e. The summed E-state index contributed by atoms with van der Waals surface area (Å²) in [7, 11) is 0. The number of hydrogen-bond acceptors (Lipinski definition) is 4. The number of nitrogens with zero attached hydrogens (tertiary/aromatic N) is 1. The van der Waals surface area contributed by atoms with E-state index in [1.54, 1.807) is 0 Å². The Hall–Kier alpha value is -0.650. The van der Waals surface area contributed by atoms with Crippen molar-refractivity contribution in [1.29, 1.82) is 0 Å². The van der Waals surface area contributed by atoms with E-state index in [2.05, 4.69) is 4.90 Å². The van der Waals surface area contributed by atoms with Crippen LogP contribution in [-0.2, 0) is 9.53 Å². The van der Waals surface area contributed by atoms with Gasteiger partial charge in [-0.15, -0.1) is 0 Å². The van der Waals surface area contributed by atoms with Crippen molar-refractivity contribution < 1.29 is 14.6 Å². The zero-order valence-corrected chi connectivity index (χ0v) is 9.35. The fourth-order valence-corrected chi connectivity index (χ4v) is 1.87.